The Bertz CT molecular complexity index is 276. The second kappa shape index (κ2) is 3.58. The van der Waals surface area contributed by atoms with Crippen LogP contribution in [-0.4, -0.2) is 6.18 Å². The number of hydrogen-bond donors (Lipinski definition) is 0. The monoisotopic (exact) mass is 208 g/mol. The van der Waals surface area contributed by atoms with Crippen molar-refractivity contribution >= 4 is 11.6 Å². The molecule has 0 aromatic heterocycles. The van der Waals surface area contributed by atoms with Gasteiger partial charge in [0.1, 0.15) is 0 Å². The zero-order chi connectivity index (χ0) is 10.1. The molecule has 1 unspecified atom stereocenters. The molecule has 0 bridgehead atoms. The Balaban J connectivity index is 2.90. The molecule has 0 nitrogen and oxygen atoms in total. The third-order valence-electron chi connectivity index (χ3n) is 1.86. The Kier molecular flexibility index (Phi) is 2.86. The molecular formula is C9H8ClF3. The van der Waals surface area contributed by atoms with Gasteiger partial charge >= 0.3 is 6.18 Å². The molecule has 0 fully saturated rings. The smallest absolute Gasteiger partial charge is 0.170 e. The van der Waals surface area contributed by atoms with Gasteiger partial charge in [-0.05, 0) is 24.6 Å². The lowest BCUT2D eigenvalue weighted by molar-refractivity contribution is -0.146. The minimum atomic E-state index is -4.19. The van der Waals surface area contributed by atoms with Gasteiger partial charge in [-0.2, -0.15) is 13.2 Å². The molecule has 0 amide bonds. The highest BCUT2D eigenvalue weighted by molar-refractivity contribution is 6.30. The van der Waals surface area contributed by atoms with Gasteiger partial charge < -0.3 is 0 Å². The maximum atomic E-state index is 12.2. The normalized spacial score (nSPS) is 14.2. The molecule has 0 spiro atoms. The van der Waals surface area contributed by atoms with E-state index in [2.05, 4.69) is 0 Å². The van der Waals surface area contributed by atoms with Crippen LogP contribution in [0.1, 0.15) is 18.4 Å². The Morgan fingerprint density at radius 3 is 2.00 bits per heavy atom. The second-order valence-electron chi connectivity index (χ2n) is 2.81. The van der Waals surface area contributed by atoms with Crippen molar-refractivity contribution in [2.75, 3.05) is 0 Å². The fraction of sp³-hybridized carbons (Fsp3) is 0.333. The average molecular weight is 209 g/mol. The highest BCUT2D eigenvalue weighted by atomic mass is 35.5. The minimum absolute atomic E-state index is 0.233. The summed E-state index contributed by atoms with van der Waals surface area (Å²) in [5.74, 6) is -1.44. The number of rotatable bonds is 1. The third-order valence-corrected chi connectivity index (χ3v) is 2.11. The predicted molar refractivity (Wildman–Crippen MR) is 45.9 cm³/mol. The first-order chi connectivity index (χ1) is 5.91. The van der Waals surface area contributed by atoms with Crippen molar-refractivity contribution in [3.05, 3.63) is 34.9 Å². The fourth-order valence-corrected chi connectivity index (χ4v) is 1.07. The number of halogens is 4. The molecule has 0 aliphatic heterocycles. The van der Waals surface area contributed by atoms with Gasteiger partial charge in [-0.25, -0.2) is 0 Å². The van der Waals surface area contributed by atoms with Crippen LogP contribution in [0.25, 0.3) is 0 Å². The van der Waals surface area contributed by atoms with E-state index in [1.54, 1.807) is 0 Å². The van der Waals surface area contributed by atoms with Gasteiger partial charge in [0, 0.05) is 5.02 Å². The first kappa shape index (κ1) is 10.4. The highest BCUT2D eigenvalue weighted by Crippen LogP contribution is 2.34. The van der Waals surface area contributed by atoms with E-state index in [0.717, 1.165) is 6.92 Å². The molecule has 0 radical (unpaired) electrons. The predicted octanol–water partition coefficient (Wildman–Crippen LogP) is 4.01. The summed E-state index contributed by atoms with van der Waals surface area (Å²) in [7, 11) is 0. The lowest BCUT2D eigenvalue weighted by Gasteiger charge is -2.15. The molecule has 0 aliphatic rings. The first-order valence-electron chi connectivity index (χ1n) is 3.73. The van der Waals surface area contributed by atoms with Crippen LogP contribution in [0.4, 0.5) is 13.2 Å². The molecule has 1 aromatic carbocycles. The summed E-state index contributed by atoms with van der Waals surface area (Å²) < 4.78 is 36.6. The molecule has 0 aliphatic carbocycles. The van der Waals surface area contributed by atoms with Crippen molar-refractivity contribution in [2.45, 2.75) is 19.0 Å². The van der Waals surface area contributed by atoms with Crippen LogP contribution in [0.15, 0.2) is 24.3 Å². The topological polar surface area (TPSA) is 0 Å². The van der Waals surface area contributed by atoms with Crippen LogP contribution in [0.3, 0.4) is 0 Å². The molecule has 72 valence electrons. The largest absolute Gasteiger partial charge is 0.395 e. The van der Waals surface area contributed by atoms with Crippen molar-refractivity contribution in [3.8, 4) is 0 Å². The zero-order valence-electron chi connectivity index (χ0n) is 6.90. The van der Waals surface area contributed by atoms with Gasteiger partial charge in [-0.3, -0.25) is 0 Å². The summed E-state index contributed by atoms with van der Waals surface area (Å²) in [5, 5.41) is 0.443. The van der Waals surface area contributed by atoms with E-state index in [0.29, 0.717) is 5.02 Å². The lowest BCUT2D eigenvalue weighted by Crippen LogP contribution is -2.17. The van der Waals surface area contributed by atoms with Gasteiger partial charge in [0.05, 0.1) is 5.92 Å². The standard InChI is InChI=1S/C9H8ClF3/c1-6(9(11,12)13)7-2-4-8(10)5-3-7/h2-6H,1H3. The van der Waals surface area contributed by atoms with Gasteiger partial charge in [-0.1, -0.05) is 23.7 Å². The van der Waals surface area contributed by atoms with Crippen molar-refractivity contribution in [2.24, 2.45) is 0 Å². The summed E-state index contributed by atoms with van der Waals surface area (Å²) in [5.41, 5.74) is 0.233. The van der Waals surface area contributed by atoms with E-state index in [4.69, 9.17) is 11.6 Å². The molecule has 1 aromatic rings. The Labute approximate surface area is 79.3 Å². The van der Waals surface area contributed by atoms with Gasteiger partial charge in [-0.15, -0.1) is 0 Å². The molecule has 0 saturated heterocycles. The summed E-state index contributed by atoms with van der Waals surface area (Å²) in [6.07, 6.45) is -4.19. The maximum absolute atomic E-state index is 12.2. The summed E-state index contributed by atoms with van der Waals surface area (Å²) in [4.78, 5) is 0. The van der Waals surface area contributed by atoms with E-state index in [9.17, 15) is 13.2 Å². The van der Waals surface area contributed by atoms with E-state index in [-0.39, 0.29) is 5.56 Å². The molecule has 0 saturated carbocycles. The average Bonchev–Trinajstić information content (AvgIpc) is 2.03. The second-order valence-corrected chi connectivity index (χ2v) is 3.25. The maximum Gasteiger partial charge on any atom is 0.395 e. The first-order valence-corrected chi connectivity index (χ1v) is 4.11. The van der Waals surface area contributed by atoms with Crippen LogP contribution >= 0.6 is 11.6 Å². The van der Waals surface area contributed by atoms with E-state index in [1.807, 2.05) is 0 Å². The van der Waals surface area contributed by atoms with Gasteiger partial charge in [0.2, 0.25) is 0 Å². The van der Waals surface area contributed by atoms with E-state index < -0.39 is 12.1 Å². The number of hydrogen-bond acceptors (Lipinski definition) is 0. The molecule has 0 heterocycles. The Morgan fingerprint density at radius 1 is 1.15 bits per heavy atom. The highest BCUT2D eigenvalue weighted by Gasteiger charge is 2.36. The zero-order valence-corrected chi connectivity index (χ0v) is 7.65. The third kappa shape index (κ3) is 2.62. The van der Waals surface area contributed by atoms with Gasteiger partial charge in [0.25, 0.3) is 0 Å². The molecule has 0 N–H and O–H groups in total. The number of benzene rings is 1. The molecule has 4 heteroatoms. The van der Waals surface area contributed by atoms with Crippen molar-refractivity contribution < 1.29 is 13.2 Å². The summed E-state index contributed by atoms with van der Waals surface area (Å²) in [6, 6.07) is 5.69. The van der Waals surface area contributed by atoms with Crippen LogP contribution < -0.4 is 0 Å². The van der Waals surface area contributed by atoms with Crippen molar-refractivity contribution in [3.63, 3.8) is 0 Å². The Hall–Kier alpha value is -0.700. The summed E-state index contributed by atoms with van der Waals surface area (Å²) >= 11 is 5.55. The summed E-state index contributed by atoms with van der Waals surface area (Å²) in [6.45, 7) is 1.13. The molecule has 1 rings (SSSR count). The molecule has 1 atom stereocenters. The van der Waals surface area contributed by atoms with Crippen LogP contribution in [0.5, 0.6) is 0 Å². The molecule has 13 heavy (non-hydrogen) atoms. The van der Waals surface area contributed by atoms with Gasteiger partial charge in [0.15, 0.2) is 0 Å². The quantitative estimate of drug-likeness (QED) is 0.654. The fourth-order valence-electron chi connectivity index (χ4n) is 0.940. The lowest BCUT2D eigenvalue weighted by atomic mass is 10.0. The van der Waals surface area contributed by atoms with Crippen LogP contribution in [0.2, 0.25) is 5.02 Å². The number of alkyl halides is 3. The van der Waals surface area contributed by atoms with E-state index >= 15 is 0 Å². The van der Waals surface area contributed by atoms with Crippen molar-refractivity contribution in [1.82, 2.24) is 0 Å². The minimum Gasteiger partial charge on any atom is -0.170 e. The van der Waals surface area contributed by atoms with Crippen LogP contribution in [-0.2, 0) is 0 Å². The Morgan fingerprint density at radius 2 is 1.62 bits per heavy atom. The van der Waals surface area contributed by atoms with Crippen molar-refractivity contribution in [1.29, 1.82) is 0 Å². The SMILES string of the molecule is CC(c1ccc(Cl)cc1)C(F)(F)F. The molecular weight excluding hydrogens is 201 g/mol. The van der Waals surface area contributed by atoms with Crippen LogP contribution in [0, 0.1) is 0 Å². The van der Waals surface area contributed by atoms with E-state index in [1.165, 1.54) is 24.3 Å².